The van der Waals surface area contributed by atoms with Crippen molar-refractivity contribution < 1.29 is 0 Å². The number of para-hydroxylation sites is 1. The van der Waals surface area contributed by atoms with E-state index in [9.17, 15) is 0 Å². The Morgan fingerprint density at radius 1 is 1.20 bits per heavy atom. The van der Waals surface area contributed by atoms with Crippen LogP contribution in [0.2, 0.25) is 0 Å². The molecule has 1 heterocycles. The molecule has 2 heteroatoms. The van der Waals surface area contributed by atoms with Crippen LogP contribution in [-0.2, 0) is 0 Å². The topological polar surface area (TPSA) is 15.3 Å². The lowest BCUT2D eigenvalue weighted by atomic mass is 10.2. The first-order valence-electron chi connectivity index (χ1n) is 5.90. The zero-order valence-corrected chi connectivity index (χ0v) is 10.0. The van der Waals surface area contributed by atoms with Crippen LogP contribution in [0.4, 0.5) is 5.69 Å². The maximum absolute atomic E-state index is 3.39. The van der Waals surface area contributed by atoms with Crippen molar-refractivity contribution >= 4 is 5.69 Å². The SMILES string of the molecule is CC.CC1CNCCN1c1ccccc1. The highest BCUT2D eigenvalue weighted by molar-refractivity contribution is 5.47. The van der Waals surface area contributed by atoms with Crippen LogP contribution in [0.15, 0.2) is 30.3 Å². The van der Waals surface area contributed by atoms with E-state index < -0.39 is 0 Å². The van der Waals surface area contributed by atoms with Crippen LogP contribution in [0.25, 0.3) is 0 Å². The Bertz CT molecular complexity index is 258. The van der Waals surface area contributed by atoms with Gasteiger partial charge in [-0.2, -0.15) is 0 Å². The summed E-state index contributed by atoms with van der Waals surface area (Å²) in [6, 6.07) is 11.2. The Hall–Kier alpha value is -1.02. The number of hydrogen-bond acceptors (Lipinski definition) is 2. The number of anilines is 1. The fourth-order valence-corrected chi connectivity index (χ4v) is 1.84. The number of piperazine rings is 1. The minimum Gasteiger partial charge on any atom is -0.366 e. The number of hydrogen-bond donors (Lipinski definition) is 1. The van der Waals surface area contributed by atoms with Crippen LogP contribution >= 0.6 is 0 Å². The van der Waals surface area contributed by atoms with Crippen molar-refractivity contribution in [2.24, 2.45) is 0 Å². The number of benzene rings is 1. The molecule has 0 aliphatic carbocycles. The zero-order valence-electron chi connectivity index (χ0n) is 10.0. The molecule has 1 unspecified atom stereocenters. The quantitative estimate of drug-likeness (QED) is 0.759. The molecular formula is C13H22N2. The molecule has 0 radical (unpaired) electrons. The molecule has 0 bridgehead atoms. The molecule has 84 valence electrons. The van der Waals surface area contributed by atoms with Crippen molar-refractivity contribution in [2.45, 2.75) is 26.8 Å². The Balaban J connectivity index is 0.000000531. The van der Waals surface area contributed by atoms with Gasteiger partial charge in [-0.15, -0.1) is 0 Å². The molecule has 2 nitrogen and oxygen atoms in total. The predicted octanol–water partition coefficient (Wildman–Crippen LogP) is 2.51. The van der Waals surface area contributed by atoms with Gasteiger partial charge in [0.05, 0.1) is 0 Å². The van der Waals surface area contributed by atoms with Crippen molar-refractivity contribution in [2.75, 3.05) is 24.5 Å². The number of rotatable bonds is 1. The summed E-state index contributed by atoms with van der Waals surface area (Å²) < 4.78 is 0. The summed E-state index contributed by atoms with van der Waals surface area (Å²) in [4.78, 5) is 2.45. The van der Waals surface area contributed by atoms with E-state index in [-0.39, 0.29) is 0 Å². The minimum absolute atomic E-state index is 0.608. The van der Waals surface area contributed by atoms with Crippen LogP contribution in [0, 0.1) is 0 Å². The highest BCUT2D eigenvalue weighted by atomic mass is 15.2. The lowest BCUT2D eigenvalue weighted by molar-refractivity contribution is 0.501. The molecule has 1 N–H and O–H groups in total. The van der Waals surface area contributed by atoms with Gasteiger partial charge < -0.3 is 10.2 Å². The van der Waals surface area contributed by atoms with Crippen LogP contribution in [-0.4, -0.2) is 25.7 Å². The van der Waals surface area contributed by atoms with E-state index >= 15 is 0 Å². The zero-order chi connectivity index (χ0) is 11.1. The van der Waals surface area contributed by atoms with E-state index in [0.717, 1.165) is 19.6 Å². The van der Waals surface area contributed by atoms with E-state index in [1.807, 2.05) is 13.8 Å². The van der Waals surface area contributed by atoms with Gasteiger partial charge in [0.25, 0.3) is 0 Å². The van der Waals surface area contributed by atoms with Crippen LogP contribution < -0.4 is 10.2 Å². The maximum atomic E-state index is 3.39. The van der Waals surface area contributed by atoms with Crippen molar-refractivity contribution in [3.8, 4) is 0 Å². The van der Waals surface area contributed by atoms with E-state index in [2.05, 4.69) is 47.5 Å². The summed E-state index contributed by atoms with van der Waals surface area (Å²) in [5.74, 6) is 0. The molecule has 1 aromatic rings. The van der Waals surface area contributed by atoms with Gasteiger partial charge in [-0.05, 0) is 19.1 Å². The molecule has 1 fully saturated rings. The molecule has 0 spiro atoms. The highest BCUT2D eigenvalue weighted by Crippen LogP contribution is 2.16. The summed E-state index contributed by atoms with van der Waals surface area (Å²) in [5, 5.41) is 3.39. The summed E-state index contributed by atoms with van der Waals surface area (Å²) in [6.45, 7) is 9.57. The fourth-order valence-electron chi connectivity index (χ4n) is 1.84. The van der Waals surface area contributed by atoms with E-state index in [1.165, 1.54) is 5.69 Å². The van der Waals surface area contributed by atoms with Gasteiger partial charge in [0.2, 0.25) is 0 Å². The van der Waals surface area contributed by atoms with Gasteiger partial charge in [0.1, 0.15) is 0 Å². The van der Waals surface area contributed by atoms with E-state index in [4.69, 9.17) is 0 Å². The second-order valence-corrected chi connectivity index (χ2v) is 3.58. The minimum atomic E-state index is 0.608. The van der Waals surface area contributed by atoms with Crippen LogP contribution in [0.1, 0.15) is 20.8 Å². The van der Waals surface area contributed by atoms with Crippen LogP contribution in [0.5, 0.6) is 0 Å². The summed E-state index contributed by atoms with van der Waals surface area (Å²) in [7, 11) is 0. The van der Waals surface area contributed by atoms with Gasteiger partial charge in [0.15, 0.2) is 0 Å². The molecule has 0 amide bonds. The van der Waals surface area contributed by atoms with Gasteiger partial charge in [-0.25, -0.2) is 0 Å². The van der Waals surface area contributed by atoms with E-state index in [0.29, 0.717) is 6.04 Å². The molecule has 2 rings (SSSR count). The number of nitrogens with one attached hydrogen (secondary N) is 1. The second kappa shape index (κ2) is 6.46. The molecule has 1 aromatic carbocycles. The average Bonchev–Trinajstić information content (AvgIpc) is 2.33. The molecule has 0 aromatic heterocycles. The average molecular weight is 206 g/mol. The smallest absolute Gasteiger partial charge is 0.0386 e. The van der Waals surface area contributed by atoms with Crippen LogP contribution in [0.3, 0.4) is 0 Å². The first-order chi connectivity index (χ1) is 7.38. The molecule has 1 atom stereocenters. The highest BCUT2D eigenvalue weighted by Gasteiger charge is 2.17. The monoisotopic (exact) mass is 206 g/mol. The molecule has 1 saturated heterocycles. The largest absolute Gasteiger partial charge is 0.366 e. The Labute approximate surface area is 93.3 Å². The molecule has 15 heavy (non-hydrogen) atoms. The second-order valence-electron chi connectivity index (χ2n) is 3.58. The summed E-state index contributed by atoms with van der Waals surface area (Å²) >= 11 is 0. The predicted molar refractivity (Wildman–Crippen MR) is 67.5 cm³/mol. The normalized spacial score (nSPS) is 20.5. The lowest BCUT2D eigenvalue weighted by Crippen LogP contribution is -2.49. The first kappa shape index (κ1) is 12.1. The van der Waals surface area contributed by atoms with Gasteiger partial charge >= 0.3 is 0 Å². The lowest BCUT2D eigenvalue weighted by Gasteiger charge is -2.35. The third-order valence-corrected chi connectivity index (χ3v) is 2.59. The Morgan fingerprint density at radius 2 is 1.87 bits per heavy atom. The standard InChI is InChI=1S/C11H16N2.C2H6/c1-10-9-12-7-8-13(10)11-5-3-2-4-6-11;1-2/h2-6,10,12H,7-9H2,1H3;1-2H3. The van der Waals surface area contributed by atoms with E-state index in [1.54, 1.807) is 0 Å². The van der Waals surface area contributed by atoms with Gasteiger partial charge in [-0.3, -0.25) is 0 Å². The molecule has 1 aliphatic rings. The van der Waals surface area contributed by atoms with Gasteiger partial charge in [0, 0.05) is 31.4 Å². The Morgan fingerprint density at radius 3 is 2.47 bits per heavy atom. The number of nitrogens with zero attached hydrogens (tertiary/aromatic N) is 1. The van der Waals surface area contributed by atoms with Crippen molar-refractivity contribution in [3.63, 3.8) is 0 Å². The molecule has 1 aliphatic heterocycles. The molecule has 0 saturated carbocycles. The Kier molecular flexibility index (Phi) is 5.19. The summed E-state index contributed by atoms with van der Waals surface area (Å²) in [6.07, 6.45) is 0. The van der Waals surface area contributed by atoms with Crippen molar-refractivity contribution in [1.29, 1.82) is 0 Å². The molecular weight excluding hydrogens is 184 g/mol. The van der Waals surface area contributed by atoms with Crippen molar-refractivity contribution in [1.82, 2.24) is 5.32 Å². The first-order valence-corrected chi connectivity index (χ1v) is 5.90. The fraction of sp³-hybridized carbons (Fsp3) is 0.538. The summed E-state index contributed by atoms with van der Waals surface area (Å²) in [5.41, 5.74) is 1.34. The third kappa shape index (κ3) is 3.24. The van der Waals surface area contributed by atoms with Gasteiger partial charge in [-0.1, -0.05) is 32.0 Å². The third-order valence-electron chi connectivity index (χ3n) is 2.59. The maximum Gasteiger partial charge on any atom is 0.0386 e. The van der Waals surface area contributed by atoms with Crippen molar-refractivity contribution in [3.05, 3.63) is 30.3 Å².